The molecule has 0 aliphatic heterocycles. The van der Waals surface area contributed by atoms with Crippen molar-refractivity contribution in [3.05, 3.63) is 11.6 Å². The van der Waals surface area contributed by atoms with Crippen LogP contribution in [0.3, 0.4) is 0 Å². The summed E-state index contributed by atoms with van der Waals surface area (Å²) in [7, 11) is 0. The summed E-state index contributed by atoms with van der Waals surface area (Å²) in [5, 5.41) is 0. The van der Waals surface area contributed by atoms with E-state index >= 15 is 0 Å². The fraction of sp³-hybridized carbons (Fsp3) is 0.875. The van der Waals surface area contributed by atoms with Crippen molar-refractivity contribution in [2.24, 2.45) is 22.7 Å². The third-order valence-corrected chi connectivity index (χ3v) is 6.36. The van der Waals surface area contributed by atoms with Gasteiger partial charge in [-0.2, -0.15) is 0 Å². The minimum Gasteiger partial charge on any atom is -0.0850 e. The molecule has 0 N–H and O–H groups in total. The summed E-state index contributed by atoms with van der Waals surface area (Å²) in [5.74, 6) is 1.82. The Labute approximate surface area is 102 Å². The van der Waals surface area contributed by atoms with Crippen LogP contribution in [0.25, 0.3) is 0 Å². The zero-order chi connectivity index (χ0) is 12.0. The first-order valence-corrected chi connectivity index (χ1v) is 7.12. The molecule has 2 rings (SSSR count). The normalized spacial score (nSPS) is 48.4. The van der Waals surface area contributed by atoms with Gasteiger partial charge in [0.05, 0.1) is 0 Å². The predicted molar refractivity (Wildman–Crippen MR) is 71.4 cm³/mol. The summed E-state index contributed by atoms with van der Waals surface area (Å²) in [5.41, 5.74) is 2.76. The molecular formula is C16H28. The minimum atomic E-state index is 0.509. The van der Waals surface area contributed by atoms with Gasteiger partial charge in [-0.25, -0.2) is 0 Å². The van der Waals surface area contributed by atoms with Crippen LogP contribution in [0.1, 0.15) is 66.7 Å². The van der Waals surface area contributed by atoms with Crippen molar-refractivity contribution in [2.75, 3.05) is 0 Å². The molecular weight excluding hydrogens is 192 g/mol. The lowest BCUT2D eigenvalue weighted by Gasteiger charge is -2.57. The summed E-state index contributed by atoms with van der Waals surface area (Å²) in [6.45, 7) is 12.3. The summed E-state index contributed by atoms with van der Waals surface area (Å²) in [4.78, 5) is 0. The van der Waals surface area contributed by atoms with Gasteiger partial charge in [-0.15, -0.1) is 0 Å². The highest BCUT2D eigenvalue weighted by atomic mass is 14.6. The molecule has 0 aromatic carbocycles. The van der Waals surface area contributed by atoms with Crippen molar-refractivity contribution in [2.45, 2.75) is 66.7 Å². The summed E-state index contributed by atoms with van der Waals surface area (Å²) in [6, 6.07) is 0. The smallest absolute Gasteiger partial charge is 0.00854 e. The molecule has 0 heteroatoms. The Morgan fingerprint density at radius 2 is 2.00 bits per heavy atom. The molecule has 0 nitrogen and oxygen atoms in total. The molecule has 0 spiro atoms. The largest absolute Gasteiger partial charge is 0.0850 e. The van der Waals surface area contributed by atoms with E-state index in [2.05, 4.69) is 40.7 Å². The fourth-order valence-corrected chi connectivity index (χ4v) is 4.51. The third kappa shape index (κ3) is 1.49. The molecule has 0 aromatic heterocycles. The van der Waals surface area contributed by atoms with Crippen molar-refractivity contribution < 1.29 is 0 Å². The average Bonchev–Trinajstić information content (AvgIpc) is 2.27. The molecule has 0 aromatic rings. The van der Waals surface area contributed by atoms with Crippen LogP contribution in [0.4, 0.5) is 0 Å². The Balaban J connectivity index is 2.40. The second kappa shape index (κ2) is 3.89. The lowest BCUT2D eigenvalue weighted by Crippen LogP contribution is -2.49. The van der Waals surface area contributed by atoms with E-state index in [4.69, 9.17) is 0 Å². The number of rotatable bonds is 1. The molecule has 1 fully saturated rings. The van der Waals surface area contributed by atoms with Crippen molar-refractivity contribution in [3.8, 4) is 0 Å². The van der Waals surface area contributed by atoms with E-state index in [9.17, 15) is 0 Å². The second-order valence-electron chi connectivity index (χ2n) is 6.73. The molecule has 0 unspecified atom stereocenters. The first kappa shape index (κ1) is 12.2. The van der Waals surface area contributed by atoms with E-state index in [1.807, 2.05) is 0 Å². The van der Waals surface area contributed by atoms with Crippen LogP contribution in [0.2, 0.25) is 0 Å². The van der Waals surface area contributed by atoms with Crippen LogP contribution in [-0.2, 0) is 0 Å². The van der Waals surface area contributed by atoms with Gasteiger partial charge in [-0.1, -0.05) is 45.8 Å². The Hall–Kier alpha value is -0.260. The Kier molecular flexibility index (Phi) is 2.97. The molecule has 0 saturated heterocycles. The van der Waals surface area contributed by atoms with Gasteiger partial charge in [0.25, 0.3) is 0 Å². The third-order valence-electron chi connectivity index (χ3n) is 6.36. The van der Waals surface area contributed by atoms with Gasteiger partial charge < -0.3 is 0 Å². The molecule has 0 bridgehead atoms. The van der Waals surface area contributed by atoms with E-state index < -0.39 is 0 Å². The summed E-state index contributed by atoms with van der Waals surface area (Å²) in [6.07, 6.45) is 9.42. The van der Waals surface area contributed by atoms with Gasteiger partial charge in [0, 0.05) is 0 Å². The van der Waals surface area contributed by atoms with Crippen molar-refractivity contribution in [1.29, 1.82) is 0 Å². The van der Waals surface area contributed by atoms with Gasteiger partial charge in [0.15, 0.2) is 0 Å². The lowest BCUT2D eigenvalue weighted by molar-refractivity contribution is -0.0437. The van der Waals surface area contributed by atoms with Crippen molar-refractivity contribution >= 4 is 0 Å². The summed E-state index contributed by atoms with van der Waals surface area (Å²) >= 11 is 0. The van der Waals surface area contributed by atoms with E-state index in [1.165, 1.54) is 32.1 Å². The maximum absolute atomic E-state index is 2.55. The van der Waals surface area contributed by atoms with Crippen LogP contribution in [-0.4, -0.2) is 0 Å². The monoisotopic (exact) mass is 220 g/mol. The van der Waals surface area contributed by atoms with Crippen molar-refractivity contribution in [3.63, 3.8) is 0 Å². The van der Waals surface area contributed by atoms with Gasteiger partial charge in [0.1, 0.15) is 0 Å². The summed E-state index contributed by atoms with van der Waals surface area (Å²) < 4.78 is 0. The first-order chi connectivity index (χ1) is 7.45. The number of hydrogen-bond acceptors (Lipinski definition) is 0. The molecule has 4 atom stereocenters. The highest BCUT2D eigenvalue weighted by Crippen LogP contribution is 2.61. The highest BCUT2D eigenvalue weighted by molar-refractivity contribution is 5.20. The SMILES string of the molecule is CC[C@@]1(C)[C@H](C)CC[C@@]2(C)C(C)=CCC[C@H]12. The second-order valence-corrected chi connectivity index (χ2v) is 6.73. The maximum atomic E-state index is 2.55. The Morgan fingerprint density at radius 1 is 1.31 bits per heavy atom. The number of fused-ring (bicyclic) bond motifs is 1. The standard InChI is InChI=1S/C16H28/c1-6-15(4)13(3)10-11-16(5)12(2)8-7-9-14(15)16/h8,13-14H,6-7,9-11H2,1-5H3/t13-,14-,15+,16+/m1/s1. The van der Waals surface area contributed by atoms with Crippen LogP contribution in [0.15, 0.2) is 11.6 Å². The number of allylic oxidation sites excluding steroid dienone is 2. The molecule has 0 amide bonds. The van der Waals surface area contributed by atoms with E-state index in [0.717, 1.165) is 11.8 Å². The molecule has 2 aliphatic rings. The molecule has 0 heterocycles. The number of hydrogen-bond donors (Lipinski definition) is 0. The molecule has 16 heavy (non-hydrogen) atoms. The molecule has 0 radical (unpaired) electrons. The lowest BCUT2D eigenvalue weighted by atomic mass is 9.47. The molecule has 2 aliphatic carbocycles. The quantitative estimate of drug-likeness (QED) is 0.533. The zero-order valence-electron chi connectivity index (χ0n) is 11.8. The average molecular weight is 220 g/mol. The first-order valence-electron chi connectivity index (χ1n) is 7.12. The fourth-order valence-electron chi connectivity index (χ4n) is 4.51. The van der Waals surface area contributed by atoms with E-state index in [0.29, 0.717) is 10.8 Å². The van der Waals surface area contributed by atoms with Crippen molar-refractivity contribution in [1.82, 2.24) is 0 Å². The van der Waals surface area contributed by atoms with Crippen LogP contribution < -0.4 is 0 Å². The van der Waals surface area contributed by atoms with Crippen LogP contribution >= 0.6 is 0 Å². The van der Waals surface area contributed by atoms with Gasteiger partial charge in [0.2, 0.25) is 0 Å². The predicted octanol–water partition coefficient (Wildman–Crippen LogP) is 5.20. The Morgan fingerprint density at radius 3 is 2.62 bits per heavy atom. The van der Waals surface area contributed by atoms with Gasteiger partial charge in [-0.3, -0.25) is 0 Å². The van der Waals surface area contributed by atoms with Crippen LogP contribution in [0, 0.1) is 22.7 Å². The molecule has 92 valence electrons. The minimum absolute atomic E-state index is 0.509. The topological polar surface area (TPSA) is 0 Å². The Bertz CT molecular complexity index is 301. The molecule has 1 saturated carbocycles. The van der Waals surface area contributed by atoms with E-state index in [-0.39, 0.29) is 0 Å². The van der Waals surface area contributed by atoms with Gasteiger partial charge in [-0.05, 0) is 55.3 Å². The van der Waals surface area contributed by atoms with Gasteiger partial charge >= 0.3 is 0 Å². The van der Waals surface area contributed by atoms with Crippen LogP contribution in [0.5, 0.6) is 0 Å². The maximum Gasteiger partial charge on any atom is -0.00854 e. The zero-order valence-corrected chi connectivity index (χ0v) is 11.8. The highest BCUT2D eigenvalue weighted by Gasteiger charge is 2.52. The van der Waals surface area contributed by atoms with E-state index in [1.54, 1.807) is 5.57 Å².